The summed E-state index contributed by atoms with van der Waals surface area (Å²) in [5, 5.41) is 8.61. The summed E-state index contributed by atoms with van der Waals surface area (Å²) >= 11 is 5.64. The Balaban J connectivity index is 2.90. The van der Waals surface area contributed by atoms with Crippen LogP contribution in [-0.4, -0.2) is 22.5 Å². The van der Waals surface area contributed by atoms with Gasteiger partial charge in [0.25, 0.3) is 0 Å². The number of hydrogen-bond acceptors (Lipinski definition) is 4. The number of ketones is 1. The highest BCUT2D eigenvalue weighted by molar-refractivity contribution is 6.30. The van der Waals surface area contributed by atoms with Gasteiger partial charge in [0.2, 0.25) is 0 Å². The number of hydrogen-bond donors (Lipinski definition) is 1. The Morgan fingerprint density at radius 3 is 2.93 bits per heavy atom. The van der Waals surface area contributed by atoms with Gasteiger partial charge in [-0.1, -0.05) is 11.6 Å². The number of pyridine rings is 1. The Morgan fingerprint density at radius 2 is 2.40 bits per heavy atom. The summed E-state index contributed by atoms with van der Waals surface area (Å²) in [5.41, 5.74) is -0.157. The first kappa shape index (κ1) is 11.9. The number of rotatable bonds is 4. The Kier molecular flexibility index (Phi) is 3.99. The average Bonchev–Trinajstić information content (AvgIpc) is 2.18. The minimum atomic E-state index is -0.722. The molecule has 0 atom stereocenters. The lowest BCUT2D eigenvalue weighted by Gasteiger charge is -2.07. The number of halogens is 2. The summed E-state index contributed by atoms with van der Waals surface area (Å²) in [5.74, 6) is -0.945. The molecule has 15 heavy (non-hydrogen) atoms. The van der Waals surface area contributed by atoms with E-state index in [0.29, 0.717) is 0 Å². The summed E-state index contributed by atoms with van der Waals surface area (Å²) < 4.78 is 18.0. The molecule has 0 amide bonds. The van der Waals surface area contributed by atoms with Crippen molar-refractivity contribution in [3.05, 3.63) is 22.7 Å². The van der Waals surface area contributed by atoms with Crippen molar-refractivity contribution in [2.24, 2.45) is 0 Å². The molecule has 82 valence electrons. The first-order valence-electron chi connectivity index (χ1n) is 4.12. The van der Waals surface area contributed by atoms with Crippen LogP contribution in [-0.2, 0) is 11.4 Å². The molecule has 0 saturated carbocycles. The predicted molar refractivity (Wildman–Crippen MR) is 51.3 cm³/mol. The van der Waals surface area contributed by atoms with E-state index in [1.54, 1.807) is 0 Å². The van der Waals surface area contributed by atoms with Gasteiger partial charge in [0.05, 0.1) is 6.61 Å². The minimum Gasteiger partial charge on any atom is -0.483 e. The largest absolute Gasteiger partial charge is 0.483 e. The van der Waals surface area contributed by atoms with Crippen LogP contribution in [0.25, 0.3) is 0 Å². The van der Waals surface area contributed by atoms with Crippen LogP contribution in [0.15, 0.2) is 6.07 Å². The second kappa shape index (κ2) is 5.04. The van der Waals surface area contributed by atoms with Crippen LogP contribution in [0, 0.1) is 5.82 Å². The van der Waals surface area contributed by atoms with Crippen LogP contribution in [0.3, 0.4) is 0 Å². The SMILES string of the molecule is CC(=O)COc1cc(F)c(CO)nc1Cl. The summed E-state index contributed by atoms with van der Waals surface area (Å²) in [7, 11) is 0. The molecule has 0 spiro atoms. The van der Waals surface area contributed by atoms with E-state index < -0.39 is 12.4 Å². The van der Waals surface area contributed by atoms with E-state index in [0.717, 1.165) is 6.07 Å². The number of aliphatic hydroxyl groups excluding tert-OH is 1. The normalized spacial score (nSPS) is 10.1. The molecule has 0 aliphatic rings. The Bertz CT molecular complexity index is 384. The van der Waals surface area contributed by atoms with Crippen molar-refractivity contribution in [3.8, 4) is 5.75 Å². The zero-order valence-corrected chi connectivity index (χ0v) is 8.71. The first-order chi connectivity index (χ1) is 7.04. The molecule has 6 heteroatoms. The molecule has 1 rings (SSSR count). The van der Waals surface area contributed by atoms with Crippen molar-refractivity contribution in [1.82, 2.24) is 4.98 Å². The fraction of sp³-hybridized carbons (Fsp3) is 0.333. The fourth-order valence-electron chi connectivity index (χ4n) is 0.876. The van der Waals surface area contributed by atoms with E-state index in [-0.39, 0.29) is 29.0 Å². The molecule has 0 unspecified atom stereocenters. The number of carbonyl (C=O) groups is 1. The van der Waals surface area contributed by atoms with Gasteiger partial charge < -0.3 is 9.84 Å². The van der Waals surface area contributed by atoms with Crippen LogP contribution in [0.1, 0.15) is 12.6 Å². The molecule has 0 aliphatic heterocycles. The van der Waals surface area contributed by atoms with Crippen molar-refractivity contribution < 1.29 is 19.0 Å². The van der Waals surface area contributed by atoms with E-state index >= 15 is 0 Å². The van der Waals surface area contributed by atoms with Crippen molar-refractivity contribution in [2.45, 2.75) is 13.5 Å². The zero-order chi connectivity index (χ0) is 11.4. The van der Waals surface area contributed by atoms with Crippen LogP contribution in [0.2, 0.25) is 5.15 Å². The number of carbonyl (C=O) groups excluding carboxylic acids is 1. The summed E-state index contributed by atoms with van der Waals surface area (Å²) in [6, 6.07) is 0.990. The molecule has 1 heterocycles. The molecule has 0 aliphatic carbocycles. The van der Waals surface area contributed by atoms with Gasteiger partial charge in [-0.15, -0.1) is 0 Å². The highest BCUT2D eigenvalue weighted by Gasteiger charge is 2.11. The lowest BCUT2D eigenvalue weighted by molar-refractivity contribution is -0.118. The Labute approximate surface area is 90.6 Å². The third-order valence-corrected chi connectivity index (χ3v) is 1.82. The molecule has 4 nitrogen and oxygen atoms in total. The zero-order valence-electron chi connectivity index (χ0n) is 7.96. The van der Waals surface area contributed by atoms with E-state index in [2.05, 4.69) is 4.98 Å². The van der Waals surface area contributed by atoms with Gasteiger partial charge in [-0.25, -0.2) is 9.37 Å². The van der Waals surface area contributed by atoms with Gasteiger partial charge >= 0.3 is 0 Å². The summed E-state index contributed by atoms with van der Waals surface area (Å²) in [6.07, 6.45) is 0. The topological polar surface area (TPSA) is 59.4 Å². The number of Topliss-reactive ketones (excluding diaryl/α,β-unsaturated/α-hetero) is 1. The number of ether oxygens (including phenoxy) is 1. The molecule has 0 saturated heterocycles. The molecular formula is C9H9ClFNO3. The van der Waals surface area contributed by atoms with Gasteiger partial charge in [0, 0.05) is 6.07 Å². The molecule has 0 radical (unpaired) electrons. The van der Waals surface area contributed by atoms with E-state index in [1.165, 1.54) is 6.92 Å². The Morgan fingerprint density at radius 1 is 1.73 bits per heavy atom. The summed E-state index contributed by atoms with van der Waals surface area (Å²) in [4.78, 5) is 14.2. The van der Waals surface area contributed by atoms with Crippen LogP contribution in [0.4, 0.5) is 4.39 Å². The molecule has 1 aromatic rings. The van der Waals surface area contributed by atoms with Gasteiger partial charge in [-0.2, -0.15) is 0 Å². The van der Waals surface area contributed by atoms with E-state index in [9.17, 15) is 9.18 Å². The molecule has 1 N–H and O–H groups in total. The van der Waals surface area contributed by atoms with Gasteiger partial charge in [0.15, 0.2) is 22.5 Å². The highest BCUT2D eigenvalue weighted by atomic mass is 35.5. The molecular weight excluding hydrogens is 225 g/mol. The molecule has 0 fully saturated rings. The van der Waals surface area contributed by atoms with Crippen molar-refractivity contribution in [1.29, 1.82) is 0 Å². The van der Waals surface area contributed by atoms with Gasteiger partial charge in [-0.05, 0) is 6.92 Å². The third kappa shape index (κ3) is 3.14. The molecule has 0 aromatic carbocycles. The van der Waals surface area contributed by atoms with E-state index in [4.69, 9.17) is 21.4 Å². The lowest BCUT2D eigenvalue weighted by Crippen LogP contribution is -2.08. The average molecular weight is 234 g/mol. The number of aliphatic hydroxyl groups is 1. The smallest absolute Gasteiger partial charge is 0.171 e. The maximum absolute atomic E-state index is 13.1. The third-order valence-electron chi connectivity index (χ3n) is 1.55. The predicted octanol–water partition coefficient (Wildman–Crippen LogP) is 1.33. The van der Waals surface area contributed by atoms with E-state index in [1.807, 2.05) is 0 Å². The molecule has 1 aromatic heterocycles. The van der Waals surface area contributed by atoms with Crippen LogP contribution >= 0.6 is 11.6 Å². The van der Waals surface area contributed by atoms with Crippen molar-refractivity contribution in [2.75, 3.05) is 6.61 Å². The van der Waals surface area contributed by atoms with Crippen molar-refractivity contribution >= 4 is 17.4 Å². The minimum absolute atomic E-state index is 0.0124. The number of aromatic nitrogens is 1. The highest BCUT2D eigenvalue weighted by Crippen LogP contribution is 2.24. The second-order valence-electron chi connectivity index (χ2n) is 2.85. The second-order valence-corrected chi connectivity index (χ2v) is 3.21. The summed E-state index contributed by atoms with van der Waals surface area (Å²) in [6.45, 7) is 0.595. The monoisotopic (exact) mass is 233 g/mol. The quantitative estimate of drug-likeness (QED) is 0.798. The maximum atomic E-state index is 13.1. The maximum Gasteiger partial charge on any atom is 0.171 e. The lowest BCUT2D eigenvalue weighted by atomic mass is 10.3. The van der Waals surface area contributed by atoms with Gasteiger partial charge in [0.1, 0.15) is 12.3 Å². The van der Waals surface area contributed by atoms with Crippen LogP contribution in [0.5, 0.6) is 5.75 Å². The first-order valence-corrected chi connectivity index (χ1v) is 4.50. The standard InChI is InChI=1S/C9H9ClFNO3/c1-5(14)4-15-8-2-6(11)7(3-13)12-9(8)10/h2,13H,3-4H2,1H3. The molecule has 0 bridgehead atoms. The number of nitrogens with zero attached hydrogens (tertiary/aromatic N) is 1. The van der Waals surface area contributed by atoms with Crippen molar-refractivity contribution in [3.63, 3.8) is 0 Å². The fourth-order valence-corrected chi connectivity index (χ4v) is 1.09. The van der Waals surface area contributed by atoms with Crippen LogP contribution < -0.4 is 4.74 Å². The Hall–Kier alpha value is -1.20. The van der Waals surface area contributed by atoms with Gasteiger partial charge in [-0.3, -0.25) is 4.79 Å².